The molecule has 2 rings (SSSR count). The van der Waals surface area contributed by atoms with Crippen LogP contribution in [0.4, 0.5) is 16.0 Å². The SMILES string of the molecule is C=C(O)CCC(=C)COc1nc(Nc2cnn(C(C)C)c2)ncc1F. The largest absolute Gasteiger partial charge is 0.513 e. The van der Waals surface area contributed by atoms with Crippen LogP contribution in [-0.4, -0.2) is 31.5 Å². The molecule has 0 bridgehead atoms. The number of halogens is 1. The van der Waals surface area contributed by atoms with Crippen LogP contribution in [0, 0.1) is 5.82 Å². The number of ether oxygens (including phenoxy) is 1. The fourth-order valence-corrected chi connectivity index (χ4v) is 1.89. The normalized spacial score (nSPS) is 10.7. The van der Waals surface area contributed by atoms with Crippen molar-refractivity contribution in [2.75, 3.05) is 11.9 Å². The van der Waals surface area contributed by atoms with E-state index in [1.807, 2.05) is 20.0 Å². The third-order valence-corrected chi connectivity index (χ3v) is 3.28. The van der Waals surface area contributed by atoms with Gasteiger partial charge in [0.25, 0.3) is 5.88 Å². The smallest absolute Gasteiger partial charge is 0.255 e. The first kappa shape index (κ1) is 18.4. The number of hydrogen-bond acceptors (Lipinski definition) is 6. The number of anilines is 2. The van der Waals surface area contributed by atoms with E-state index >= 15 is 0 Å². The Morgan fingerprint density at radius 1 is 1.36 bits per heavy atom. The molecule has 2 aromatic rings. The van der Waals surface area contributed by atoms with Gasteiger partial charge in [-0.3, -0.25) is 4.68 Å². The molecule has 0 unspecified atom stereocenters. The lowest BCUT2D eigenvalue weighted by molar-refractivity contribution is 0.311. The van der Waals surface area contributed by atoms with Crippen molar-refractivity contribution in [3.05, 3.63) is 48.9 Å². The van der Waals surface area contributed by atoms with E-state index in [1.165, 1.54) is 0 Å². The fourth-order valence-electron chi connectivity index (χ4n) is 1.89. The van der Waals surface area contributed by atoms with Crippen molar-refractivity contribution in [2.45, 2.75) is 32.7 Å². The Kier molecular flexibility index (Phi) is 6.10. The highest BCUT2D eigenvalue weighted by atomic mass is 19.1. The molecular formula is C17H22FN5O2. The number of hydrogen-bond donors (Lipinski definition) is 2. The number of rotatable bonds is 9. The lowest BCUT2D eigenvalue weighted by atomic mass is 10.1. The molecule has 0 fully saturated rings. The van der Waals surface area contributed by atoms with Gasteiger partial charge in [0.2, 0.25) is 11.8 Å². The zero-order chi connectivity index (χ0) is 18.4. The molecule has 0 amide bonds. The summed E-state index contributed by atoms with van der Waals surface area (Å²) in [6.45, 7) is 11.3. The number of allylic oxidation sites excluding steroid dienone is 1. The Balaban J connectivity index is 1.99. The van der Waals surface area contributed by atoms with Crippen molar-refractivity contribution in [2.24, 2.45) is 0 Å². The lowest BCUT2D eigenvalue weighted by Gasteiger charge is -2.10. The molecule has 0 aliphatic heterocycles. The summed E-state index contributed by atoms with van der Waals surface area (Å²) in [5.74, 6) is -0.558. The van der Waals surface area contributed by atoms with E-state index in [-0.39, 0.29) is 30.2 Å². The molecule has 8 heteroatoms. The maximum absolute atomic E-state index is 13.8. The monoisotopic (exact) mass is 347 g/mol. The number of aliphatic hydroxyl groups excluding tert-OH is 1. The minimum Gasteiger partial charge on any atom is -0.513 e. The van der Waals surface area contributed by atoms with E-state index in [0.717, 1.165) is 6.20 Å². The molecule has 0 saturated heterocycles. The highest BCUT2D eigenvalue weighted by molar-refractivity contribution is 5.50. The van der Waals surface area contributed by atoms with Crippen molar-refractivity contribution in [3.63, 3.8) is 0 Å². The Bertz CT molecular complexity index is 757. The maximum Gasteiger partial charge on any atom is 0.255 e. The molecular weight excluding hydrogens is 325 g/mol. The van der Waals surface area contributed by atoms with E-state index in [9.17, 15) is 4.39 Å². The molecule has 0 radical (unpaired) electrons. The van der Waals surface area contributed by atoms with Crippen molar-refractivity contribution in [1.29, 1.82) is 0 Å². The molecule has 0 aliphatic carbocycles. The number of nitrogens with one attached hydrogen (secondary N) is 1. The van der Waals surface area contributed by atoms with Crippen LogP contribution in [0.15, 0.2) is 43.1 Å². The number of aromatic nitrogens is 4. The van der Waals surface area contributed by atoms with Gasteiger partial charge in [-0.2, -0.15) is 14.5 Å². The standard InChI is InChI=1S/C17H22FN5O2/c1-11(2)23-9-14(7-20-23)21-17-19-8-15(18)16(22-17)25-10-12(3)5-6-13(4)24/h7-9,11,24H,3-6,10H2,1-2H3,(H,19,21,22). The summed E-state index contributed by atoms with van der Waals surface area (Å²) in [7, 11) is 0. The first-order chi connectivity index (χ1) is 11.8. The third kappa shape index (κ3) is 5.59. The van der Waals surface area contributed by atoms with E-state index in [2.05, 4.69) is 33.5 Å². The summed E-state index contributed by atoms with van der Waals surface area (Å²) in [6, 6.07) is 0.226. The second-order valence-electron chi connectivity index (χ2n) is 5.88. The minimum absolute atomic E-state index is 0.0720. The molecule has 2 aromatic heterocycles. The van der Waals surface area contributed by atoms with Crippen molar-refractivity contribution in [3.8, 4) is 5.88 Å². The Labute approximate surface area is 145 Å². The summed E-state index contributed by atoms with van der Waals surface area (Å²) in [5, 5.41) is 16.2. The fraction of sp³-hybridized carbons (Fsp3) is 0.353. The van der Waals surface area contributed by atoms with Crippen molar-refractivity contribution < 1.29 is 14.2 Å². The van der Waals surface area contributed by atoms with Crippen LogP contribution in [0.5, 0.6) is 5.88 Å². The van der Waals surface area contributed by atoms with Gasteiger partial charge < -0.3 is 15.2 Å². The Morgan fingerprint density at radius 3 is 2.76 bits per heavy atom. The van der Waals surface area contributed by atoms with E-state index in [0.29, 0.717) is 24.1 Å². The molecule has 0 atom stereocenters. The van der Waals surface area contributed by atoms with Crippen LogP contribution in [0.3, 0.4) is 0 Å². The first-order valence-electron chi connectivity index (χ1n) is 7.85. The summed E-state index contributed by atoms with van der Waals surface area (Å²) in [6.07, 6.45) is 5.37. The van der Waals surface area contributed by atoms with Gasteiger partial charge in [0.15, 0.2) is 0 Å². The highest BCUT2D eigenvalue weighted by Crippen LogP contribution is 2.19. The second-order valence-corrected chi connectivity index (χ2v) is 5.88. The highest BCUT2D eigenvalue weighted by Gasteiger charge is 2.10. The van der Waals surface area contributed by atoms with Gasteiger partial charge in [-0.15, -0.1) is 0 Å². The van der Waals surface area contributed by atoms with Gasteiger partial charge in [-0.25, -0.2) is 4.98 Å². The number of aliphatic hydroxyl groups is 1. The van der Waals surface area contributed by atoms with Gasteiger partial charge in [-0.05, 0) is 25.8 Å². The lowest BCUT2D eigenvalue weighted by Crippen LogP contribution is -2.06. The summed E-state index contributed by atoms with van der Waals surface area (Å²) >= 11 is 0. The van der Waals surface area contributed by atoms with Crippen molar-refractivity contribution in [1.82, 2.24) is 19.7 Å². The van der Waals surface area contributed by atoms with Crippen LogP contribution in [0.1, 0.15) is 32.7 Å². The van der Waals surface area contributed by atoms with Crippen LogP contribution in [0.25, 0.3) is 0 Å². The molecule has 0 aliphatic rings. The van der Waals surface area contributed by atoms with Crippen molar-refractivity contribution >= 4 is 11.6 Å². The van der Waals surface area contributed by atoms with Gasteiger partial charge in [0.1, 0.15) is 6.61 Å². The van der Waals surface area contributed by atoms with Crippen LogP contribution >= 0.6 is 0 Å². The summed E-state index contributed by atoms with van der Waals surface area (Å²) in [5.41, 5.74) is 1.39. The number of nitrogens with zero attached hydrogens (tertiary/aromatic N) is 4. The molecule has 2 N–H and O–H groups in total. The average molecular weight is 347 g/mol. The topological polar surface area (TPSA) is 85.1 Å². The molecule has 2 heterocycles. The zero-order valence-electron chi connectivity index (χ0n) is 14.4. The Morgan fingerprint density at radius 2 is 2.12 bits per heavy atom. The van der Waals surface area contributed by atoms with E-state index in [4.69, 9.17) is 9.84 Å². The van der Waals surface area contributed by atoms with Crippen LogP contribution < -0.4 is 10.1 Å². The third-order valence-electron chi connectivity index (χ3n) is 3.28. The van der Waals surface area contributed by atoms with Gasteiger partial charge >= 0.3 is 0 Å². The predicted octanol–water partition coefficient (Wildman–Crippen LogP) is 3.92. The predicted molar refractivity (Wildman–Crippen MR) is 93.5 cm³/mol. The van der Waals surface area contributed by atoms with Gasteiger partial charge in [-0.1, -0.05) is 13.2 Å². The van der Waals surface area contributed by atoms with Gasteiger partial charge in [0.05, 0.1) is 23.8 Å². The molecule has 7 nitrogen and oxygen atoms in total. The average Bonchev–Trinajstić information content (AvgIpc) is 3.02. The van der Waals surface area contributed by atoms with Crippen LogP contribution in [0.2, 0.25) is 0 Å². The summed E-state index contributed by atoms with van der Waals surface area (Å²) < 4.78 is 20.9. The molecule has 0 spiro atoms. The Hall–Kier alpha value is -2.90. The zero-order valence-corrected chi connectivity index (χ0v) is 14.4. The van der Waals surface area contributed by atoms with Crippen LogP contribution in [-0.2, 0) is 0 Å². The van der Waals surface area contributed by atoms with Gasteiger partial charge in [0, 0.05) is 18.7 Å². The van der Waals surface area contributed by atoms with E-state index in [1.54, 1.807) is 10.9 Å². The minimum atomic E-state index is -0.664. The summed E-state index contributed by atoms with van der Waals surface area (Å²) in [4.78, 5) is 7.92. The molecule has 25 heavy (non-hydrogen) atoms. The second kappa shape index (κ2) is 8.27. The molecule has 134 valence electrons. The quantitative estimate of drug-likeness (QED) is 0.528. The molecule has 0 aromatic carbocycles. The maximum atomic E-state index is 13.8. The molecule has 0 saturated carbocycles. The first-order valence-corrected chi connectivity index (χ1v) is 7.85. The van der Waals surface area contributed by atoms with E-state index < -0.39 is 5.82 Å².